The van der Waals surface area contributed by atoms with Gasteiger partial charge in [0.25, 0.3) is 0 Å². The van der Waals surface area contributed by atoms with Crippen molar-refractivity contribution in [3.63, 3.8) is 0 Å². The molecule has 0 saturated heterocycles. The van der Waals surface area contributed by atoms with Crippen molar-refractivity contribution in [3.05, 3.63) is 28.8 Å². The third kappa shape index (κ3) is 1.08. The summed E-state index contributed by atoms with van der Waals surface area (Å²) in [6.45, 7) is 0.676. The van der Waals surface area contributed by atoms with E-state index < -0.39 is 0 Å². The minimum absolute atomic E-state index is 0.290. The van der Waals surface area contributed by atoms with Gasteiger partial charge in [0.2, 0.25) is 0 Å². The predicted molar refractivity (Wildman–Crippen MR) is 48.7 cm³/mol. The number of rotatable bonds is 1. The molecule has 0 spiro atoms. The van der Waals surface area contributed by atoms with Gasteiger partial charge < -0.3 is 10.1 Å². The van der Waals surface area contributed by atoms with E-state index in [1.165, 1.54) is 0 Å². The van der Waals surface area contributed by atoms with Gasteiger partial charge >= 0.3 is 0 Å². The lowest BCUT2D eigenvalue weighted by atomic mass is 10.1. The van der Waals surface area contributed by atoms with Crippen LogP contribution in [0.5, 0.6) is 5.75 Å². The van der Waals surface area contributed by atoms with Crippen LogP contribution in [0, 0.1) is 0 Å². The van der Waals surface area contributed by atoms with E-state index in [2.05, 4.69) is 5.32 Å². The minimum Gasteiger partial charge on any atom is -0.490 e. The molecule has 0 amide bonds. The first-order chi connectivity index (χ1) is 5.83. The molecule has 0 bridgehead atoms. The molecule has 3 heteroatoms. The summed E-state index contributed by atoms with van der Waals surface area (Å²) in [4.78, 5) is 0. The van der Waals surface area contributed by atoms with E-state index in [1.54, 1.807) is 0 Å². The van der Waals surface area contributed by atoms with Crippen molar-refractivity contribution in [1.29, 1.82) is 0 Å². The summed E-state index contributed by atoms with van der Waals surface area (Å²) < 4.78 is 5.44. The van der Waals surface area contributed by atoms with Crippen LogP contribution >= 0.6 is 11.6 Å². The highest BCUT2D eigenvalue weighted by molar-refractivity contribution is 6.32. The molecule has 12 heavy (non-hydrogen) atoms. The van der Waals surface area contributed by atoms with Crippen molar-refractivity contribution in [3.8, 4) is 5.75 Å². The summed E-state index contributed by atoms with van der Waals surface area (Å²) in [6, 6.07) is 6.12. The summed E-state index contributed by atoms with van der Waals surface area (Å²) in [7, 11) is 1.92. The van der Waals surface area contributed by atoms with Gasteiger partial charge in [-0.05, 0) is 13.1 Å². The second-order valence-electron chi connectivity index (χ2n) is 2.81. The molecular formula is C9H10ClNO. The standard InChI is InChI=1S/C9H10ClNO/c1-11-8-5-12-9-6(8)3-2-4-7(9)10/h2-4,8,11H,5H2,1H3. The van der Waals surface area contributed by atoms with Crippen molar-refractivity contribution in [2.75, 3.05) is 13.7 Å². The number of benzene rings is 1. The Bertz CT molecular complexity index is 301. The molecule has 0 radical (unpaired) electrons. The Morgan fingerprint density at radius 3 is 3.17 bits per heavy atom. The van der Waals surface area contributed by atoms with E-state index in [0.29, 0.717) is 17.7 Å². The minimum atomic E-state index is 0.290. The third-order valence-corrected chi connectivity index (χ3v) is 2.41. The molecule has 2 nitrogen and oxygen atoms in total. The van der Waals surface area contributed by atoms with Gasteiger partial charge in [-0.3, -0.25) is 0 Å². The second kappa shape index (κ2) is 2.96. The van der Waals surface area contributed by atoms with Gasteiger partial charge in [0.15, 0.2) is 0 Å². The van der Waals surface area contributed by atoms with Crippen LogP contribution in [0.1, 0.15) is 11.6 Å². The molecule has 1 N–H and O–H groups in total. The van der Waals surface area contributed by atoms with Crippen LogP contribution in [0.3, 0.4) is 0 Å². The highest BCUT2D eigenvalue weighted by Gasteiger charge is 2.23. The lowest BCUT2D eigenvalue weighted by Crippen LogP contribution is -2.16. The highest BCUT2D eigenvalue weighted by atomic mass is 35.5. The van der Waals surface area contributed by atoms with Gasteiger partial charge in [-0.1, -0.05) is 23.7 Å². The zero-order valence-corrected chi connectivity index (χ0v) is 7.56. The smallest absolute Gasteiger partial charge is 0.142 e. The number of fused-ring (bicyclic) bond motifs is 1. The number of halogens is 1. The Balaban J connectivity index is 2.46. The monoisotopic (exact) mass is 183 g/mol. The first-order valence-electron chi connectivity index (χ1n) is 3.91. The maximum absolute atomic E-state index is 5.94. The molecule has 0 aromatic heterocycles. The summed E-state index contributed by atoms with van der Waals surface area (Å²) in [5.74, 6) is 0.832. The fraction of sp³-hybridized carbons (Fsp3) is 0.333. The van der Waals surface area contributed by atoms with E-state index in [4.69, 9.17) is 16.3 Å². The summed E-state index contributed by atoms with van der Waals surface area (Å²) in [5, 5.41) is 3.86. The van der Waals surface area contributed by atoms with Crippen LogP contribution in [0.4, 0.5) is 0 Å². The maximum Gasteiger partial charge on any atom is 0.142 e. The van der Waals surface area contributed by atoms with Crippen LogP contribution in [0.25, 0.3) is 0 Å². The fourth-order valence-corrected chi connectivity index (χ4v) is 1.68. The predicted octanol–water partition coefficient (Wildman–Crippen LogP) is 1.99. The highest BCUT2D eigenvalue weighted by Crippen LogP contribution is 2.37. The van der Waals surface area contributed by atoms with Gasteiger partial charge in [0.1, 0.15) is 12.4 Å². The van der Waals surface area contributed by atoms with Gasteiger partial charge in [-0.25, -0.2) is 0 Å². The normalized spacial score (nSPS) is 20.3. The zero-order valence-electron chi connectivity index (χ0n) is 6.80. The first-order valence-corrected chi connectivity index (χ1v) is 4.29. The fourth-order valence-electron chi connectivity index (χ4n) is 1.45. The summed E-state index contributed by atoms with van der Waals surface area (Å²) in [6.07, 6.45) is 0. The molecule has 0 aliphatic carbocycles. The van der Waals surface area contributed by atoms with Crippen molar-refractivity contribution >= 4 is 11.6 Å². The lowest BCUT2D eigenvalue weighted by Gasteiger charge is -2.05. The molecule has 1 unspecified atom stereocenters. The Kier molecular flexibility index (Phi) is 1.95. The zero-order chi connectivity index (χ0) is 8.55. The number of hydrogen-bond donors (Lipinski definition) is 1. The molecule has 1 atom stereocenters. The SMILES string of the molecule is CNC1COc2c(Cl)cccc21. The van der Waals surface area contributed by atoms with Gasteiger partial charge in [0, 0.05) is 5.56 Å². The Labute approximate surface area is 76.5 Å². The Morgan fingerprint density at radius 2 is 2.42 bits per heavy atom. The van der Waals surface area contributed by atoms with Crippen LogP contribution in [0.15, 0.2) is 18.2 Å². The number of para-hydroxylation sites is 1. The molecule has 1 heterocycles. The van der Waals surface area contributed by atoms with E-state index >= 15 is 0 Å². The molecule has 1 aliphatic heterocycles. The van der Waals surface area contributed by atoms with E-state index in [9.17, 15) is 0 Å². The summed E-state index contributed by atoms with van der Waals surface area (Å²) >= 11 is 5.94. The number of ether oxygens (including phenoxy) is 1. The molecule has 1 aromatic carbocycles. The van der Waals surface area contributed by atoms with Crippen molar-refractivity contribution in [2.24, 2.45) is 0 Å². The molecular weight excluding hydrogens is 174 g/mol. The topological polar surface area (TPSA) is 21.3 Å². The van der Waals surface area contributed by atoms with Gasteiger partial charge in [-0.15, -0.1) is 0 Å². The summed E-state index contributed by atoms with van der Waals surface area (Å²) in [5.41, 5.74) is 1.16. The van der Waals surface area contributed by atoms with E-state index in [-0.39, 0.29) is 0 Å². The van der Waals surface area contributed by atoms with Crippen molar-refractivity contribution in [1.82, 2.24) is 5.32 Å². The molecule has 1 aliphatic rings. The number of nitrogens with one attached hydrogen (secondary N) is 1. The maximum atomic E-state index is 5.94. The van der Waals surface area contributed by atoms with Crippen LogP contribution in [-0.2, 0) is 0 Å². The molecule has 0 fully saturated rings. The van der Waals surface area contributed by atoms with Crippen LogP contribution < -0.4 is 10.1 Å². The largest absolute Gasteiger partial charge is 0.490 e. The molecule has 0 saturated carbocycles. The second-order valence-corrected chi connectivity index (χ2v) is 3.22. The van der Waals surface area contributed by atoms with E-state index in [1.807, 2.05) is 25.2 Å². The number of hydrogen-bond acceptors (Lipinski definition) is 2. The van der Waals surface area contributed by atoms with Gasteiger partial charge in [0.05, 0.1) is 11.1 Å². The van der Waals surface area contributed by atoms with Crippen LogP contribution in [-0.4, -0.2) is 13.7 Å². The lowest BCUT2D eigenvalue weighted by molar-refractivity contribution is 0.318. The van der Waals surface area contributed by atoms with Crippen LogP contribution in [0.2, 0.25) is 5.02 Å². The average Bonchev–Trinajstić information content (AvgIpc) is 2.49. The molecule has 64 valence electrons. The molecule has 1 aromatic rings. The van der Waals surface area contributed by atoms with Crippen molar-refractivity contribution in [2.45, 2.75) is 6.04 Å². The first kappa shape index (κ1) is 7.90. The van der Waals surface area contributed by atoms with Gasteiger partial charge in [-0.2, -0.15) is 0 Å². The Hall–Kier alpha value is -0.730. The number of likely N-dealkylation sites (N-methyl/N-ethyl adjacent to an activating group) is 1. The Morgan fingerprint density at radius 1 is 1.58 bits per heavy atom. The molecule has 2 rings (SSSR count). The quantitative estimate of drug-likeness (QED) is 0.719. The van der Waals surface area contributed by atoms with Crippen molar-refractivity contribution < 1.29 is 4.74 Å². The third-order valence-electron chi connectivity index (χ3n) is 2.12. The van der Waals surface area contributed by atoms with E-state index in [0.717, 1.165) is 11.3 Å². The average molecular weight is 184 g/mol.